The Kier molecular flexibility index (Phi) is 2.93. The predicted molar refractivity (Wildman–Crippen MR) is 56.3 cm³/mol. The molecule has 0 unspecified atom stereocenters. The second kappa shape index (κ2) is 4.55. The molecule has 0 amide bonds. The van der Waals surface area contributed by atoms with Gasteiger partial charge in [0.25, 0.3) is 0 Å². The van der Waals surface area contributed by atoms with Crippen molar-refractivity contribution in [3.8, 4) is 11.3 Å². The first-order chi connectivity index (χ1) is 7.40. The van der Waals surface area contributed by atoms with Crippen LogP contribution in [0.3, 0.4) is 0 Å². The number of aryl methyl sites for hydroxylation is 1. The van der Waals surface area contributed by atoms with E-state index in [2.05, 4.69) is 4.98 Å². The summed E-state index contributed by atoms with van der Waals surface area (Å²) >= 11 is 0. The van der Waals surface area contributed by atoms with E-state index in [0.29, 0.717) is 12.8 Å². The molecule has 76 valence electrons. The minimum absolute atomic E-state index is 0.500. The molecule has 2 rings (SSSR count). The highest BCUT2D eigenvalue weighted by atomic mass is 16.3. The number of carbonyl (C=O) groups excluding carboxylic acids is 1. The van der Waals surface area contributed by atoms with E-state index in [1.165, 1.54) is 0 Å². The normalized spacial score (nSPS) is 10.1. The molecule has 0 aromatic carbocycles. The number of hydrogen-bond acceptors (Lipinski definition) is 3. The van der Waals surface area contributed by atoms with E-state index in [9.17, 15) is 4.79 Å². The van der Waals surface area contributed by atoms with Crippen LogP contribution in [-0.2, 0) is 11.2 Å². The van der Waals surface area contributed by atoms with Crippen LogP contribution in [0.15, 0.2) is 41.1 Å². The average molecular weight is 201 g/mol. The standard InChI is InChI=1S/C12H11NO2/c14-8-2-4-11-5-6-12(15-11)10-3-1-7-13-9-10/h1,3,5-9H,2,4H2. The van der Waals surface area contributed by atoms with E-state index >= 15 is 0 Å². The fraction of sp³-hybridized carbons (Fsp3) is 0.167. The minimum Gasteiger partial charge on any atom is -0.461 e. The number of furan rings is 1. The lowest BCUT2D eigenvalue weighted by molar-refractivity contribution is -0.107. The first-order valence-corrected chi connectivity index (χ1v) is 4.83. The van der Waals surface area contributed by atoms with E-state index in [1.54, 1.807) is 12.4 Å². The molecule has 2 aromatic rings. The monoisotopic (exact) mass is 201 g/mol. The summed E-state index contributed by atoms with van der Waals surface area (Å²) in [5.41, 5.74) is 0.954. The number of nitrogens with zero attached hydrogens (tertiary/aromatic N) is 1. The number of aldehydes is 1. The number of rotatable bonds is 4. The predicted octanol–water partition coefficient (Wildman–Crippen LogP) is 2.47. The van der Waals surface area contributed by atoms with Gasteiger partial charge in [0.1, 0.15) is 17.8 Å². The van der Waals surface area contributed by atoms with Gasteiger partial charge in [-0.1, -0.05) is 0 Å². The zero-order chi connectivity index (χ0) is 10.5. The second-order valence-corrected chi connectivity index (χ2v) is 3.21. The number of pyridine rings is 1. The lowest BCUT2D eigenvalue weighted by atomic mass is 10.2. The molecule has 0 aliphatic heterocycles. The Morgan fingerprint density at radius 3 is 3.00 bits per heavy atom. The van der Waals surface area contributed by atoms with E-state index < -0.39 is 0 Å². The zero-order valence-corrected chi connectivity index (χ0v) is 8.22. The Morgan fingerprint density at radius 1 is 1.33 bits per heavy atom. The van der Waals surface area contributed by atoms with Gasteiger partial charge in [-0.15, -0.1) is 0 Å². The Bertz CT molecular complexity index is 434. The largest absolute Gasteiger partial charge is 0.461 e. The van der Waals surface area contributed by atoms with Crippen LogP contribution < -0.4 is 0 Å². The van der Waals surface area contributed by atoms with Crippen LogP contribution in [-0.4, -0.2) is 11.3 Å². The van der Waals surface area contributed by atoms with E-state index in [4.69, 9.17) is 4.42 Å². The lowest BCUT2D eigenvalue weighted by Gasteiger charge is -1.94. The third kappa shape index (κ3) is 2.31. The van der Waals surface area contributed by atoms with Crippen molar-refractivity contribution >= 4 is 6.29 Å². The molecular formula is C12H11NO2. The quantitative estimate of drug-likeness (QED) is 0.713. The van der Waals surface area contributed by atoms with Crippen LogP contribution in [0, 0.1) is 0 Å². The minimum atomic E-state index is 0.500. The van der Waals surface area contributed by atoms with Crippen LogP contribution in [0.5, 0.6) is 0 Å². The Labute approximate surface area is 87.8 Å². The number of carbonyl (C=O) groups is 1. The van der Waals surface area contributed by atoms with Crippen molar-refractivity contribution in [3.63, 3.8) is 0 Å². The van der Waals surface area contributed by atoms with Crippen LogP contribution >= 0.6 is 0 Å². The van der Waals surface area contributed by atoms with Gasteiger partial charge in [0, 0.05) is 30.8 Å². The summed E-state index contributed by atoms with van der Waals surface area (Å²) in [7, 11) is 0. The lowest BCUT2D eigenvalue weighted by Crippen LogP contribution is -1.81. The van der Waals surface area contributed by atoms with Gasteiger partial charge < -0.3 is 9.21 Å². The van der Waals surface area contributed by atoms with Crippen LogP contribution in [0.25, 0.3) is 11.3 Å². The van der Waals surface area contributed by atoms with Crippen molar-refractivity contribution in [2.75, 3.05) is 0 Å². The maximum Gasteiger partial charge on any atom is 0.135 e. The van der Waals surface area contributed by atoms with Gasteiger partial charge in [0.05, 0.1) is 0 Å². The van der Waals surface area contributed by atoms with E-state index in [0.717, 1.165) is 23.4 Å². The van der Waals surface area contributed by atoms with Gasteiger partial charge in [0.15, 0.2) is 0 Å². The highest BCUT2D eigenvalue weighted by molar-refractivity contribution is 5.56. The molecule has 3 nitrogen and oxygen atoms in total. The van der Waals surface area contributed by atoms with Gasteiger partial charge >= 0.3 is 0 Å². The molecule has 0 spiro atoms. The molecule has 3 heteroatoms. The maximum absolute atomic E-state index is 10.2. The maximum atomic E-state index is 10.2. The summed E-state index contributed by atoms with van der Waals surface area (Å²) < 4.78 is 5.57. The summed E-state index contributed by atoms with van der Waals surface area (Å²) in [4.78, 5) is 14.2. The second-order valence-electron chi connectivity index (χ2n) is 3.21. The zero-order valence-electron chi connectivity index (χ0n) is 8.22. The van der Waals surface area contributed by atoms with Gasteiger partial charge in [-0.2, -0.15) is 0 Å². The topological polar surface area (TPSA) is 43.1 Å². The summed E-state index contributed by atoms with van der Waals surface area (Å²) in [6.45, 7) is 0. The summed E-state index contributed by atoms with van der Waals surface area (Å²) in [5, 5.41) is 0. The summed E-state index contributed by atoms with van der Waals surface area (Å²) in [6, 6.07) is 7.60. The Balaban J connectivity index is 2.17. The highest BCUT2D eigenvalue weighted by Gasteiger charge is 2.03. The van der Waals surface area contributed by atoms with Gasteiger partial charge in [0.2, 0.25) is 0 Å². The third-order valence-electron chi connectivity index (χ3n) is 2.12. The molecule has 15 heavy (non-hydrogen) atoms. The molecule has 0 radical (unpaired) electrons. The number of aromatic nitrogens is 1. The van der Waals surface area contributed by atoms with Crippen molar-refractivity contribution in [3.05, 3.63) is 42.4 Å². The number of hydrogen-bond donors (Lipinski definition) is 0. The molecule has 0 N–H and O–H groups in total. The van der Waals surface area contributed by atoms with Crippen molar-refractivity contribution in [1.82, 2.24) is 4.98 Å². The first kappa shape index (κ1) is 9.65. The molecule has 0 aliphatic rings. The van der Waals surface area contributed by atoms with Gasteiger partial charge in [-0.3, -0.25) is 4.98 Å². The summed E-state index contributed by atoms with van der Waals surface area (Å²) in [5.74, 6) is 1.63. The molecule has 0 atom stereocenters. The SMILES string of the molecule is O=CCCc1ccc(-c2cccnc2)o1. The van der Waals surface area contributed by atoms with E-state index in [1.807, 2.05) is 24.3 Å². The molecule has 0 bridgehead atoms. The van der Waals surface area contributed by atoms with Crippen molar-refractivity contribution < 1.29 is 9.21 Å². The smallest absolute Gasteiger partial charge is 0.135 e. The summed E-state index contributed by atoms with van der Waals surface area (Å²) in [6.07, 6.45) is 5.53. The van der Waals surface area contributed by atoms with Gasteiger partial charge in [-0.05, 0) is 24.3 Å². The Hall–Kier alpha value is -1.90. The van der Waals surface area contributed by atoms with Crippen LogP contribution in [0.1, 0.15) is 12.2 Å². The molecule has 2 heterocycles. The first-order valence-electron chi connectivity index (χ1n) is 4.83. The fourth-order valence-corrected chi connectivity index (χ4v) is 1.38. The molecular weight excluding hydrogens is 190 g/mol. The van der Waals surface area contributed by atoms with Crippen molar-refractivity contribution in [1.29, 1.82) is 0 Å². The molecule has 0 saturated heterocycles. The molecule has 0 fully saturated rings. The fourth-order valence-electron chi connectivity index (χ4n) is 1.38. The molecule has 0 saturated carbocycles. The van der Waals surface area contributed by atoms with Crippen LogP contribution in [0.4, 0.5) is 0 Å². The molecule has 2 aromatic heterocycles. The van der Waals surface area contributed by atoms with Crippen molar-refractivity contribution in [2.45, 2.75) is 12.8 Å². The highest BCUT2D eigenvalue weighted by Crippen LogP contribution is 2.21. The van der Waals surface area contributed by atoms with E-state index in [-0.39, 0.29) is 0 Å². The van der Waals surface area contributed by atoms with Gasteiger partial charge in [-0.25, -0.2) is 0 Å². The van der Waals surface area contributed by atoms with Crippen molar-refractivity contribution in [2.24, 2.45) is 0 Å². The average Bonchev–Trinajstić information content (AvgIpc) is 2.76. The third-order valence-corrected chi connectivity index (χ3v) is 2.12. The Morgan fingerprint density at radius 2 is 2.27 bits per heavy atom. The van der Waals surface area contributed by atoms with Crippen LogP contribution in [0.2, 0.25) is 0 Å². The molecule has 0 aliphatic carbocycles.